The van der Waals surface area contributed by atoms with E-state index in [2.05, 4.69) is 20.9 Å². The maximum Gasteiger partial charge on any atom is 0.173 e. The maximum atomic E-state index is 11.7. The van der Waals surface area contributed by atoms with Crippen LogP contribution in [0.3, 0.4) is 0 Å². The van der Waals surface area contributed by atoms with Crippen LogP contribution in [0.2, 0.25) is 0 Å². The average molecular weight is 348 g/mol. The van der Waals surface area contributed by atoms with Gasteiger partial charge in [0.15, 0.2) is 5.78 Å². The number of ketones is 1. The Hall–Kier alpha value is -1.68. The number of halogens is 1. The summed E-state index contributed by atoms with van der Waals surface area (Å²) in [4.78, 5) is 16.1. The molecule has 0 unspecified atom stereocenters. The lowest BCUT2D eigenvalue weighted by Crippen LogP contribution is -2.05. The summed E-state index contributed by atoms with van der Waals surface area (Å²) in [6.07, 6.45) is 1.83. The molecule has 0 spiro atoms. The van der Waals surface area contributed by atoms with Gasteiger partial charge in [-0.05, 0) is 55.7 Å². The average Bonchev–Trinajstić information content (AvgIpc) is 2.47. The number of nitrogens with zero attached hydrogens (tertiary/aromatic N) is 1. The number of carbonyl (C=O) groups excluding carboxylic acids is 1. The molecule has 0 saturated carbocycles. The summed E-state index contributed by atoms with van der Waals surface area (Å²) in [5.74, 6) is 0.899. The third kappa shape index (κ3) is 3.91. The molecule has 21 heavy (non-hydrogen) atoms. The minimum absolute atomic E-state index is 0.0768. The Morgan fingerprint density at radius 1 is 1.19 bits per heavy atom. The Morgan fingerprint density at radius 2 is 1.86 bits per heavy atom. The molecule has 0 aliphatic heterocycles. The number of ether oxygens (including phenoxy) is 1. The van der Waals surface area contributed by atoms with Crippen LogP contribution in [0, 0.1) is 20.8 Å². The third-order valence-electron chi connectivity index (χ3n) is 3.24. The molecule has 0 radical (unpaired) electrons. The topological polar surface area (TPSA) is 39.2 Å². The number of aromatic nitrogens is 1. The number of pyridine rings is 1. The largest absolute Gasteiger partial charge is 0.487 e. The second-order valence-electron chi connectivity index (χ2n) is 5.11. The van der Waals surface area contributed by atoms with Crippen LogP contribution in [0.15, 0.2) is 30.5 Å². The van der Waals surface area contributed by atoms with E-state index in [0.717, 1.165) is 28.1 Å². The lowest BCUT2D eigenvalue weighted by Gasteiger charge is -2.13. The highest BCUT2D eigenvalue weighted by molar-refractivity contribution is 9.09. The molecule has 0 aliphatic carbocycles. The molecule has 2 aromatic rings. The standard InChI is InChI=1S/C17H18BrNO2/c1-11-4-5-15(19-9-11)10-21-17-12(2)6-14(7-13(17)3)16(20)8-18/h4-7,9H,8,10H2,1-3H3. The summed E-state index contributed by atoms with van der Waals surface area (Å²) in [6, 6.07) is 7.72. The third-order valence-corrected chi connectivity index (χ3v) is 3.75. The number of carbonyl (C=O) groups is 1. The van der Waals surface area contributed by atoms with Gasteiger partial charge in [-0.25, -0.2) is 0 Å². The Balaban J connectivity index is 2.17. The molecule has 0 bridgehead atoms. The van der Waals surface area contributed by atoms with Gasteiger partial charge in [0.25, 0.3) is 0 Å². The molecule has 2 rings (SSSR count). The van der Waals surface area contributed by atoms with E-state index in [1.165, 1.54) is 0 Å². The first-order valence-electron chi connectivity index (χ1n) is 6.76. The first-order valence-corrected chi connectivity index (χ1v) is 7.88. The molecule has 1 heterocycles. The summed E-state index contributed by atoms with van der Waals surface area (Å²) in [6.45, 7) is 6.34. The molecule has 3 nitrogen and oxygen atoms in total. The van der Waals surface area contributed by atoms with Crippen LogP contribution >= 0.6 is 15.9 Å². The molecule has 0 N–H and O–H groups in total. The van der Waals surface area contributed by atoms with Crippen molar-refractivity contribution in [3.8, 4) is 5.75 Å². The summed E-state index contributed by atoms with van der Waals surface area (Å²) in [7, 11) is 0. The van der Waals surface area contributed by atoms with E-state index in [9.17, 15) is 4.79 Å². The van der Waals surface area contributed by atoms with Gasteiger partial charge in [0, 0.05) is 11.8 Å². The van der Waals surface area contributed by atoms with Crippen molar-refractivity contribution in [3.63, 3.8) is 0 Å². The Morgan fingerprint density at radius 3 is 2.38 bits per heavy atom. The van der Waals surface area contributed by atoms with Crippen LogP contribution < -0.4 is 4.74 Å². The number of aryl methyl sites for hydroxylation is 3. The van der Waals surface area contributed by atoms with Crippen molar-refractivity contribution >= 4 is 21.7 Å². The van der Waals surface area contributed by atoms with Gasteiger partial charge in [0.1, 0.15) is 12.4 Å². The quantitative estimate of drug-likeness (QED) is 0.602. The lowest BCUT2D eigenvalue weighted by molar-refractivity contribution is 0.102. The number of Topliss-reactive ketones (excluding diaryl/α,β-unsaturated/α-hetero) is 1. The zero-order valence-electron chi connectivity index (χ0n) is 12.4. The van der Waals surface area contributed by atoms with Gasteiger partial charge in [0.2, 0.25) is 0 Å². The van der Waals surface area contributed by atoms with Gasteiger partial charge in [-0.2, -0.15) is 0 Å². The summed E-state index contributed by atoms with van der Waals surface area (Å²) < 4.78 is 5.88. The van der Waals surface area contributed by atoms with Crippen LogP contribution in [-0.2, 0) is 6.61 Å². The molecule has 110 valence electrons. The van der Waals surface area contributed by atoms with Crippen LogP contribution in [0.5, 0.6) is 5.75 Å². The fraction of sp³-hybridized carbons (Fsp3) is 0.294. The maximum absolute atomic E-state index is 11.7. The number of benzene rings is 1. The zero-order valence-corrected chi connectivity index (χ0v) is 14.0. The fourth-order valence-electron chi connectivity index (χ4n) is 2.15. The molecule has 0 saturated heterocycles. The highest BCUT2D eigenvalue weighted by Crippen LogP contribution is 2.26. The molecule has 0 aliphatic rings. The lowest BCUT2D eigenvalue weighted by atomic mass is 10.0. The normalized spacial score (nSPS) is 10.5. The highest BCUT2D eigenvalue weighted by atomic mass is 79.9. The summed E-state index contributed by atoms with van der Waals surface area (Å²) in [5, 5.41) is 0.333. The monoisotopic (exact) mass is 347 g/mol. The number of alkyl halides is 1. The molecule has 4 heteroatoms. The van der Waals surface area contributed by atoms with Crippen LogP contribution in [0.25, 0.3) is 0 Å². The van der Waals surface area contributed by atoms with Crippen molar-refractivity contribution in [1.82, 2.24) is 4.98 Å². The van der Waals surface area contributed by atoms with E-state index in [1.807, 2.05) is 51.2 Å². The van der Waals surface area contributed by atoms with E-state index < -0.39 is 0 Å². The van der Waals surface area contributed by atoms with Crippen molar-refractivity contribution in [2.75, 3.05) is 5.33 Å². The fourth-order valence-corrected chi connectivity index (χ4v) is 2.47. The van der Waals surface area contributed by atoms with Crippen LogP contribution in [-0.4, -0.2) is 16.1 Å². The van der Waals surface area contributed by atoms with Gasteiger partial charge in [-0.15, -0.1) is 0 Å². The zero-order chi connectivity index (χ0) is 15.4. The van der Waals surface area contributed by atoms with Crippen molar-refractivity contribution in [2.24, 2.45) is 0 Å². The molecular formula is C17H18BrNO2. The van der Waals surface area contributed by atoms with E-state index in [1.54, 1.807) is 0 Å². The second-order valence-corrected chi connectivity index (χ2v) is 5.67. The Kier molecular flexibility index (Phi) is 5.12. The number of rotatable bonds is 5. The Bertz CT molecular complexity index is 627. The van der Waals surface area contributed by atoms with Crippen LogP contribution in [0.1, 0.15) is 32.7 Å². The van der Waals surface area contributed by atoms with Crippen molar-refractivity contribution < 1.29 is 9.53 Å². The predicted octanol–water partition coefficient (Wildman–Crippen LogP) is 4.16. The van der Waals surface area contributed by atoms with Gasteiger partial charge in [-0.1, -0.05) is 22.0 Å². The first kappa shape index (κ1) is 15.7. The Labute approximate surface area is 133 Å². The minimum atomic E-state index is 0.0768. The molecular weight excluding hydrogens is 330 g/mol. The van der Waals surface area contributed by atoms with E-state index in [-0.39, 0.29) is 5.78 Å². The molecule has 0 amide bonds. The van der Waals surface area contributed by atoms with E-state index >= 15 is 0 Å². The van der Waals surface area contributed by atoms with Gasteiger partial charge >= 0.3 is 0 Å². The summed E-state index contributed by atoms with van der Waals surface area (Å²) in [5.41, 5.74) is 4.66. The van der Waals surface area contributed by atoms with Crippen LogP contribution in [0.4, 0.5) is 0 Å². The van der Waals surface area contributed by atoms with Crippen molar-refractivity contribution in [2.45, 2.75) is 27.4 Å². The first-order chi connectivity index (χ1) is 10.0. The smallest absolute Gasteiger partial charge is 0.173 e. The predicted molar refractivity (Wildman–Crippen MR) is 87.3 cm³/mol. The minimum Gasteiger partial charge on any atom is -0.487 e. The van der Waals surface area contributed by atoms with Crippen molar-refractivity contribution in [1.29, 1.82) is 0 Å². The molecule has 1 aromatic carbocycles. The van der Waals surface area contributed by atoms with E-state index in [4.69, 9.17) is 4.74 Å². The van der Waals surface area contributed by atoms with E-state index in [0.29, 0.717) is 17.5 Å². The van der Waals surface area contributed by atoms with Crippen molar-refractivity contribution in [3.05, 3.63) is 58.4 Å². The second kappa shape index (κ2) is 6.85. The number of hydrogen-bond donors (Lipinski definition) is 0. The molecule has 0 atom stereocenters. The molecule has 0 fully saturated rings. The van der Waals surface area contributed by atoms with Gasteiger partial charge in [0.05, 0.1) is 11.0 Å². The highest BCUT2D eigenvalue weighted by Gasteiger charge is 2.11. The van der Waals surface area contributed by atoms with Gasteiger partial charge < -0.3 is 4.74 Å². The molecule has 1 aromatic heterocycles. The summed E-state index contributed by atoms with van der Waals surface area (Å²) >= 11 is 3.20. The number of hydrogen-bond acceptors (Lipinski definition) is 3. The van der Waals surface area contributed by atoms with Gasteiger partial charge in [-0.3, -0.25) is 9.78 Å². The SMILES string of the molecule is Cc1ccc(COc2c(C)cc(C(=O)CBr)cc2C)nc1.